The van der Waals surface area contributed by atoms with E-state index in [0.29, 0.717) is 44.3 Å². The van der Waals surface area contributed by atoms with E-state index < -0.39 is 12.0 Å². The molecule has 178 valence electrons. The SMILES string of the molecule is CCOC(=O)C1=C(C)N=c2sc(=Cc3sccc3C)c(=O)n2C1c1cccc(OC)c1OCC. The number of carbonyl (C=O) groups is 1. The van der Waals surface area contributed by atoms with Crippen LogP contribution in [0.5, 0.6) is 11.5 Å². The van der Waals surface area contributed by atoms with Gasteiger partial charge in [-0.05, 0) is 56.8 Å². The number of ether oxygens (including phenoxy) is 3. The largest absolute Gasteiger partial charge is 0.493 e. The molecule has 2 aromatic heterocycles. The maximum absolute atomic E-state index is 13.7. The number of hydrogen-bond donors (Lipinski definition) is 0. The Hall–Kier alpha value is -3.17. The Morgan fingerprint density at radius 1 is 1.21 bits per heavy atom. The van der Waals surface area contributed by atoms with Crippen molar-refractivity contribution < 1.29 is 19.0 Å². The molecule has 34 heavy (non-hydrogen) atoms. The maximum atomic E-state index is 13.7. The van der Waals surface area contributed by atoms with Gasteiger partial charge in [-0.1, -0.05) is 23.5 Å². The number of thiazole rings is 1. The number of fused-ring (bicyclic) bond motifs is 1. The molecule has 0 amide bonds. The van der Waals surface area contributed by atoms with E-state index in [1.807, 2.05) is 43.5 Å². The number of methoxy groups -OCH3 is 1. The summed E-state index contributed by atoms with van der Waals surface area (Å²) >= 11 is 2.88. The first kappa shape index (κ1) is 24.0. The second kappa shape index (κ2) is 9.99. The van der Waals surface area contributed by atoms with Crippen LogP contribution in [0.2, 0.25) is 0 Å². The van der Waals surface area contributed by atoms with Crippen LogP contribution in [0.4, 0.5) is 0 Å². The second-order valence-corrected chi connectivity index (χ2v) is 9.54. The zero-order valence-corrected chi connectivity index (χ0v) is 21.3. The van der Waals surface area contributed by atoms with Gasteiger partial charge in [0.2, 0.25) is 0 Å². The minimum atomic E-state index is -0.765. The lowest BCUT2D eigenvalue weighted by molar-refractivity contribution is -0.139. The molecule has 1 aliphatic heterocycles. The van der Waals surface area contributed by atoms with E-state index in [1.54, 1.807) is 42.9 Å². The molecule has 0 radical (unpaired) electrons. The summed E-state index contributed by atoms with van der Waals surface area (Å²) < 4.78 is 19.0. The van der Waals surface area contributed by atoms with Crippen molar-refractivity contribution in [3.05, 3.63) is 76.6 Å². The first-order valence-electron chi connectivity index (χ1n) is 10.9. The van der Waals surface area contributed by atoms with Crippen LogP contribution in [0.1, 0.15) is 42.8 Å². The van der Waals surface area contributed by atoms with Gasteiger partial charge in [-0.15, -0.1) is 11.3 Å². The topological polar surface area (TPSA) is 79.1 Å². The van der Waals surface area contributed by atoms with Crippen molar-refractivity contribution in [2.75, 3.05) is 20.3 Å². The third-order valence-electron chi connectivity index (χ3n) is 5.49. The molecule has 1 aliphatic rings. The Morgan fingerprint density at radius 3 is 2.65 bits per heavy atom. The summed E-state index contributed by atoms with van der Waals surface area (Å²) in [6.07, 6.45) is 1.89. The summed E-state index contributed by atoms with van der Waals surface area (Å²) in [5.41, 5.74) is 2.33. The molecule has 4 rings (SSSR count). The summed E-state index contributed by atoms with van der Waals surface area (Å²) in [6, 6.07) is 6.71. The number of nitrogens with zero attached hydrogens (tertiary/aromatic N) is 2. The molecule has 0 aliphatic carbocycles. The zero-order valence-electron chi connectivity index (χ0n) is 19.7. The quantitative estimate of drug-likeness (QED) is 0.466. The van der Waals surface area contributed by atoms with Crippen LogP contribution >= 0.6 is 22.7 Å². The van der Waals surface area contributed by atoms with Gasteiger partial charge < -0.3 is 14.2 Å². The molecule has 0 bridgehead atoms. The molecular weight excluding hydrogens is 472 g/mol. The number of carbonyl (C=O) groups excluding carboxylic acids is 1. The Kier molecular flexibility index (Phi) is 7.04. The highest BCUT2D eigenvalue weighted by Gasteiger charge is 2.35. The third kappa shape index (κ3) is 4.21. The smallest absolute Gasteiger partial charge is 0.338 e. The lowest BCUT2D eigenvalue weighted by atomic mass is 9.94. The molecule has 1 atom stereocenters. The molecule has 7 nitrogen and oxygen atoms in total. The highest BCUT2D eigenvalue weighted by Crippen LogP contribution is 2.40. The van der Waals surface area contributed by atoms with Crippen molar-refractivity contribution in [1.29, 1.82) is 0 Å². The van der Waals surface area contributed by atoms with Gasteiger partial charge in [0.05, 0.1) is 36.1 Å². The Balaban J connectivity index is 2.03. The van der Waals surface area contributed by atoms with Gasteiger partial charge >= 0.3 is 5.97 Å². The lowest BCUT2D eigenvalue weighted by Crippen LogP contribution is -2.40. The molecule has 0 saturated carbocycles. The number of thiophene rings is 1. The highest BCUT2D eigenvalue weighted by atomic mass is 32.1. The first-order chi connectivity index (χ1) is 16.4. The van der Waals surface area contributed by atoms with Gasteiger partial charge in [0.1, 0.15) is 6.04 Å². The monoisotopic (exact) mass is 498 g/mol. The summed E-state index contributed by atoms with van der Waals surface area (Å²) in [4.78, 5) is 33.0. The summed E-state index contributed by atoms with van der Waals surface area (Å²) in [5, 5.41) is 1.99. The van der Waals surface area contributed by atoms with E-state index in [-0.39, 0.29) is 12.2 Å². The number of aryl methyl sites for hydroxylation is 1. The summed E-state index contributed by atoms with van der Waals surface area (Å²) in [5.74, 6) is 0.494. The van der Waals surface area contributed by atoms with Crippen LogP contribution in [0.3, 0.4) is 0 Å². The van der Waals surface area contributed by atoms with Gasteiger partial charge in [-0.2, -0.15) is 0 Å². The van der Waals surface area contributed by atoms with E-state index in [4.69, 9.17) is 14.2 Å². The van der Waals surface area contributed by atoms with Crippen LogP contribution in [0, 0.1) is 6.92 Å². The molecule has 1 aromatic carbocycles. The van der Waals surface area contributed by atoms with Gasteiger partial charge in [0.25, 0.3) is 5.56 Å². The van der Waals surface area contributed by atoms with Crippen LogP contribution in [0.25, 0.3) is 6.08 Å². The van der Waals surface area contributed by atoms with Crippen LogP contribution in [-0.4, -0.2) is 30.9 Å². The molecule has 1 unspecified atom stereocenters. The molecule has 9 heteroatoms. The van der Waals surface area contributed by atoms with E-state index in [1.165, 1.54) is 11.3 Å². The maximum Gasteiger partial charge on any atom is 0.338 e. The lowest BCUT2D eigenvalue weighted by Gasteiger charge is -2.26. The Labute approximate surface area is 205 Å². The number of hydrogen-bond acceptors (Lipinski definition) is 8. The highest BCUT2D eigenvalue weighted by molar-refractivity contribution is 7.11. The average molecular weight is 499 g/mol. The molecule has 0 fully saturated rings. The summed E-state index contributed by atoms with van der Waals surface area (Å²) in [7, 11) is 1.56. The van der Waals surface area contributed by atoms with Crippen molar-refractivity contribution in [3.8, 4) is 11.5 Å². The van der Waals surface area contributed by atoms with Crippen molar-refractivity contribution in [2.45, 2.75) is 33.7 Å². The van der Waals surface area contributed by atoms with Crippen molar-refractivity contribution in [3.63, 3.8) is 0 Å². The van der Waals surface area contributed by atoms with E-state index in [9.17, 15) is 9.59 Å². The van der Waals surface area contributed by atoms with E-state index in [0.717, 1.165) is 10.4 Å². The normalized spacial score (nSPS) is 15.7. The van der Waals surface area contributed by atoms with Crippen molar-refractivity contribution in [2.24, 2.45) is 4.99 Å². The zero-order chi connectivity index (χ0) is 24.4. The van der Waals surface area contributed by atoms with E-state index >= 15 is 0 Å². The Morgan fingerprint density at radius 2 is 2.00 bits per heavy atom. The number of aromatic nitrogens is 1. The van der Waals surface area contributed by atoms with Gasteiger partial charge in [0, 0.05) is 10.4 Å². The number of rotatable bonds is 7. The first-order valence-corrected chi connectivity index (χ1v) is 12.6. The minimum absolute atomic E-state index is 0.209. The molecule has 3 aromatic rings. The fourth-order valence-corrected chi connectivity index (χ4v) is 5.91. The van der Waals surface area contributed by atoms with Crippen molar-refractivity contribution in [1.82, 2.24) is 4.57 Å². The number of benzene rings is 1. The minimum Gasteiger partial charge on any atom is -0.493 e. The molecule has 3 heterocycles. The molecule has 0 spiro atoms. The Bertz CT molecular complexity index is 1440. The third-order valence-corrected chi connectivity index (χ3v) is 7.44. The second-order valence-electron chi connectivity index (χ2n) is 7.58. The van der Waals surface area contributed by atoms with Crippen LogP contribution in [-0.2, 0) is 9.53 Å². The number of allylic oxidation sites excluding steroid dienone is 1. The predicted molar refractivity (Wildman–Crippen MR) is 134 cm³/mol. The molecule has 0 N–H and O–H groups in total. The molecule has 0 saturated heterocycles. The predicted octanol–water partition coefficient (Wildman–Crippen LogP) is 3.58. The van der Waals surface area contributed by atoms with E-state index in [2.05, 4.69) is 4.99 Å². The fraction of sp³-hybridized carbons (Fsp3) is 0.320. The fourth-order valence-electron chi connectivity index (χ4n) is 3.94. The number of esters is 1. The summed E-state index contributed by atoms with van der Waals surface area (Å²) in [6.45, 7) is 8.00. The average Bonchev–Trinajstić information content (AvgIpc) is 3.35. The van der Waals surface area contributed by atoms with Crippen molar-refractivity contribution >= 4 is 34.7 Å². The van der Waals surface area contributed by atoms with Gasteiger partial charge in [-0.3, -0.25) is 9.36 Å². The molecular formula is C25H26N2O5S2. The number of para-hydroxylation sites is 1. The van der Waals surface area contributed by atoms with Gasteiger partial charge in [-0.25, -0.2) is 9.79 Å². The standard InChI is InChI=1S/C25H26N2O5S2/c1-6-31-22-16(9-8-10-17(22)30-5)21-20(24(29)32-7-2)15(4)26-25-27(21)23(28)19(34-25)13-18-14(3)11-12-33-18/h8-13,21H,6-7H2,1-5H3. The van der Waals surface area contributed by atoms with Gasteiger partial charge in [0.15, 0.2) is 16.3 Å². The van der Waals surface area contributed by atoms with Crippen LogP contribution in [0.15, 0.2) is 50.7 Å². The van der Waals surface area contributed by atoms with Crippen LogP contribution < -0.4 is 24.4 Å².